The van der Waals surface area contributed by atoms with Gasteiger partial charge in [-0.2, -0.15) is 0 Å². The van der Waals surface area contributed by atoms with Gasteiger partial charge >= 0.3 is 0 Å². The molecule has 1 aromatic rings. The van der Waals surface area contributed by atoms with Gasteiger partial charge in [-0.25, -0.2) is 0 Å². The number of benzene rings is 1. The summed E-state index contributed by atoms with van der Waals surface area (Å²) >= 11 is 0. The van der Waals surface area contributed by atoms with Gasteiger partial charge in [-0.05, 0) is 24.1 Å². The van der Waals surface area contributed by atoms with Crippen molar-refractivity contribution in [2.75, 3.05) is 26.4 Å². The number of ether oxygens (including phenoxy) is 2. The molecule has 3 heteroatoms. The smallest absolute Gasteiger partial charge is 0.0718 e. The lowest BCUT2D eigenvalue weighted by Gasteiger charge is -2.06. The zero-order valence-corrected chi connectivity index (χ0v) is 11.6. The van der Waals surface area contributed by atoms with E-state index >= 15 is 0 Å². The second-order valence-corrected chi connectivity index (χ2v) is 4.26. The first-order valence-corrected chi connectivity index (χ1v) is 6.80. The lowest BCUT2D eigenvalue weighted by atomic mass is 10.1. The monoisotopic (exact) mass is 251 g/mol. The maximum absolute atomic E-state index is 5.55. The van der Waals surface area contributed by atoms with E-state index < -0.39 is 0 Å². The van der Waals surface area contributed by atoms with Crippen molar-refractivity contribution in [3.05, 3.63) is 35.4 Å². The summed E-state index contributed by atoms with van der Waals surface area (Å²) in [5.41, 5.74) is 2.53. The molecule has 1 aromatic carbocycles. The van der Waals surface area contributed by atoms with Gasteiger partial charge < -0.3 is 14.8 Å². The van der Waals surface area contributed by atoms with Gasteiger partial charge in [-0.15, -0.1) is 0 Å². The molecule has 3 nitrogen and oxygen atoms in total. The Kier molecular flexibility index (Phi) is 8.47. The van der Waals surface area contributed by atoms with Crippen molar-refractivity contribution in [3.8, 4) is 0 Å². The van der Waals surface area contributed by atoms with E-state index in [0.29, 0.717) is 19.8 Å². The van der Waals surface area contributed by atoms with Crippen molar-refractivity contribution < 1.29 is 9.47 Å². The highest BCUT2D eigenvalue weighted by atomic mass is 16.5. The van der Waals surface area contributed by atoms with Crippen LogP contribution in [0, 0.1) is 0 Å². The molecule has 0 aromatic heterocycles. The van der Waals surface area contributed by atoms with E-state index in [4.69, 9.17) is 9.47 Å². The van der Waals surface area contributed by atoms with Gasteiger partial charge in [-0.3, -0.25) is 0 Å². The third kappa shape index (κ3) is 6.74. The van der Waals surface area contributed by atoms with Gasteiger partial charge in [0.1, 0.15) is 0 Å². The van der Waals surface area contributed by atoms with Crippen molar-refractivity contribution in [1.29, 1.82) is 0 Å². The fourth-order valence-electron chi connectivity index (χ4n) is 1.58. The predicted octanol–water partition coefficient (Wildman–Crippen LogP) is 2.74. The minimum Gasteiger partial charge on any atom is -0.379 e. The molecule has 0 heterocycles. The average molecular weight is 251 g/mol. The van der Waals surface area contributed by atoms with Gasteiger partial charge in [0.05, 0.1) is 19.8 Å². The largest absolute Gasteiger partial charge is 0.379 e. The van der Waals surface area contributed by atoms with E-state index in [2.05, 4.69) is 43.4 Å². The Labute approximate surface area is 110 Å². The molecule has 0 fully saturated rings. The summed E-state index contributed by atoms with van der Waals surface area (Å²) in [6, 6.07) is 8.54. The van der Waals surface area contributed by atoms with Crippen LogP contribution in [0.3, 0.4) is 0 Å². The van der Waals surface area contributed by atoms with Crippen LogP contribution in [-0.2, 0) is 22.6 Å². The van der Waals surface area contributed by atoms with Crippen LogP contribution < -0.4 is 5.32 Å². The van der Waals surface area contributed by atoms with Crippen molar-refractivity contribution in [1.82, 2.24) is 5.32 Å². The van der Waals surface area contributed by atoms with Crippen molar-refractivity contribution >= 4 is 0 Å². The first-order valence-electron chi connectivity index (χ1n) is 6.80. The maximum Gasteiger partial charge on any atom is 0.0718 e. The van der Waals surface area contributed by atoms with Crippen molar-refractivity contribution in [3.63, 3.8) is 0 Å². The Morgan fingerprint density at radius 3 is 2.22 bits per heavy atom. The Bertz CT molecular complexity index is 298. The SMILES string of the molecule is CCCOCCOCc1ccc(CNCC)cc1. The molecule has 0 bridgehead atoms. The minimum atomic E-state index is 0.664. The van der Waals surface area contributed by atoms with E-state index in [1.807, 2.05) is 0 Å². The average Bonchev–Trinajstić information content (AvgIpc) is 2.42. The van der Waals surface area contributed by atoms with E-state index in [9.17, 15) is 0 Å². The molecule has 0 saturated carbocycles. The highest BCUT2D eigenvalue weighted by Gasteiger charge is 1.95. The topological polar surface area (TPSA) is 30.5 Å². The molecular weight excluding hydrogens is 226 g/mol. The van der Waals surface area contributed by atoms with E-state index in [1.54, 1.807) is 0 Å². The van der Waals surface area contributed by atoms with Crippen LogP contribution in [0.15, 0.2) is 24.3 Å². The second kappa shape index (κ2) is 10.1. The summed E-state index contributed by atoms with van der Waals surface area (Å²) in [7, 11) is 0. The number of nitrogens with one attached hydrogen (secondary N) is 1. The molecule has 0 saturated heterocycles. The lowest BCUT2D eigenvalue weighted by Crippen LogP contribution is -2.11. The normalized spacial score (nSPS) is 10.8. The molecule has 0 aliphatic carbocycles. The molecule has 102 valence electrons. The van der Waals surface area contributed by atoms with Crippen LogP contribution >= 0.6 is 0 Å². The molecule has 18 heavy (non-hydrogen) atoms. The third-order valence-electron chi connectivity index (χ3n) is 2.59. The molecule has 1 N–H and O–H groups in total. The van der Waals surface area contributed by atoms with Crippen molar-refractivity contribution in [2.24, 2.45) is 0 Å². The van der Waals surface area contributed by atoms with Crippen LogP contribution in [-0.4, -0.2) is 26.4 Å². The summed E-state index contributed by atoms with van der Waals surface area (Å²) in [6.07, 6.45) is 1.06. The molecule has 1 rings (SSSR count). The Morgan fingerprint density at radius 2 is 1.56 bits per heavy atom. The standard InChI is InChI=1S/C15H25NO2/c1-3-9-17-10-11-18-13-15-7-5-14(6-8-15)12-16-4-2/h5-8,16H,3-4,9-13H2,1-2H3. The van der Waals surface area contributed by atoms with E-state index in [-0.39, 0.29) is 0 Å². The maximum atomic E-state index is 5.55. The fourth-order valence-corrected chi connectivity index (χ4v) is 1.58. The number of hydrogen-bond acceptors (Lipinski definition) is 3. The second-order valence-electron chi connectivity index (χ2n) is 4.26. The molecular formula is C15H25NO2. The Balaban J connectivity index is 2.14. The van der Waals surface area contributed by atoms with Crippen LogP contribution in [0.25, 0.3) is 0 Å². The third-order valence-corrected chi connectivity index (χ3v) is 2.59. The summed E-state index contributed by atoms with van der Waals surface area (Å²) in [5, 5.41) is 3.31. The molecule has 0 radical (unpaired) electrons. The first kappa shape index (κ1) is 15.2. The van der Waals surface area contributed by atoms with Gasteiger partial charge in [0.2, 0.25) is 0 Å². The van der Waals surface area contributed by atoms with E-state index in [0.717, 1.165) is 26.1 Å². The van der Waals surface area contributed by atoms with E-state index in [1.165, 1.54) is 11.1 Å². The Hall–Kier alpha value is -0.900. The van der Waals surface area contributed by atoms with Crippen LogP contribution in [0.1, 0.15) is 31.4 Å². The van der Waals surface area contributed by atoms with Crippen LogP contribution in [0.2, 0.25) is 0 Å². The van der Waals surface area contributed by atoms with Gasteiger partial charge in [0.15, 0.2) is 0 Å². The minimum absolute atomic E-state index is 0.664. The summed E-state index contributed by atoms with van der Waals surface area (Å²) in [4.78, 5) is 0. The van der Waals surface area contributed by atoms with Crippen molar-refractivity contribution in [2.45, 2.75) is 33.4 Å². The zero-order chi connectivity index (χ0) is 13.1. The first-order chi connectivity index (χ1) is 8.86. The molecule has 0 aliphatic heterocycles. The summed E-state index contributed by atoms with van der Waals surface area (Å²) in [6.45, 7) is 8.99. The quantitative estimate of drug-likeness (QED) is 0.649. The molecule has 0 unspecified atom stereocenters. The molecule has 0 aliphatic rings. The lowest BCUT2D eigenvalue weighted by molar-refractivity contribution is 0.0408. The molecule has 0 spiro atoms. The fraction of sp³-hybridized carbons (Fsp3) is 0.600. The number of rotatable bonds is 10. The van der Waals surface area contributed by atoms with Gasteiger partial charge in [-0.1, -0.05) is 38.1 Å². The summed E-state index contributed by atoms with van der Waals surface area (Å²) < 4.78 is 10.9. The predicted molar refractivity (Wildman–Crippen MR) is 74.6 cm³/mol. The van der Waals surface area contributed by atoms with Crippen LogP contribution in [0.4, 0.5) is 0 Å². The molecule has 0 atom stereocenters. The molecule has 0 amide bonds. The Morgan fingerprint density at radius 1 is 0.889 bits per heavy atom. The van der Waals surface area contributed by atoms with Gasteiger partial charge in [0, 0.05) is 13.2 Å². The number of hydrogen-bond donors (Lipinski definition) is 1. The van der Waals surface area contributed by atoms with Gasteiger partial charge in [0.25, 0.3) is 0 Å². The highest BCUT2D eigenvalue weighted by molar-refractivity contribution is 5.21. The zero-order valence-electron chi connectivity index (χ0n) is 11.6. The highest BCUT2D eigenvalue weighted by Crippen LogP contribution is 2.05. The summed E-state index contributed by atoms with van der Waals surface area (Å²) in [5.74, 6) is 0. The van der Waals surface area contributed by atoms with Crippen LogP contribution in [0.5, 0.6) is 0 Å².